The van der Waals surface area contributed by atoms with Crippen molar-refractivity contribution in [1.82, 2.24) is 4.98 Å². The van der Waals surface area contributed by atoms with Crippen molar-refractivity contribution in [3.63, 3.8) is 0 Å². The lowest BCUT2D eigenvalue weighted by atomic mass is 10.2. The van der Waals surface area contributed by atoms with Gasteiger partial charge in [0, 0.05) is 6.07 Å². The molecule has 2 rings (SSSR count). The highest BCUT2D eigenvalue weighted by Gasteiger charge is 2.17. The van der Waals surface area contributed by atoms with Gasteiger partial charge in [-0.2, -0.15) is 0 Å². The molecule has 0 saturated carbocycles. The fraction of sp³-hybridized carbons (Fsp3) is 0.143. The lowest BCUT2D eigenvalue weighted by Crippen LogP contribution is -2.11. The summed E-state index contributed by atoms with van der Waals surface area (Å²) in [5.41, 5.74) is 0.154. The van der Waals surface area contributed by atoms with Gasteiger partial charge < -0.3 is 9.47 Å². The second-order valence-corrected chi connectivity index (χ2v) is 4.15. The average molecular weight is 288 g/mol. The van der Waals surface area contributed by atoms with Gasteiger partial charge in [0.25, 0.3) is 5.69 Å². The molecule has 0 fully saturated rings. The first-order chi connectivity index (χ1) is 10.0. The quantitative estimate of drug-likeness (QED) is 0.371. The Morgan fingerprint density at radius 1 is 1.24 bits per heavy atom. The van der Waals surface area contributed by atoms with Crippen molar-refractivity contribution in [2.75, 3.05) is 7.11 Å². The minimum Gasteiger partial charge on any atom is -0.497 e. The van der Waals surface area contributed by atoms with E-state index in [1.807, 2.05) is 0 Å². The number of methoxy groups -OCH3 is 1. The zero-order valence-electron chi connectivity index (χ0n) is 11.4. The molecular formula is C14H12N2O5. The van der Waals surface area contributed by atoms with E-state index < -0.39 is 10.9 Å². The Labute approximate surface area is 120 Å². The van der Waals surface area contributed by atoms with E-state index >= 15 is 0 Å². The van der Waals surface area contributed by atoms with Crippen molar-refractivity contribution in [3.05, 3.63) is 57.9 Å². The Morgan fingerprint density at radius 2 is 1.86 bits per heavy atom. The van der Waals surface area contributed by atoms with Crippen LogP contribution in [0.2, 0.25) is 0 Å². The Morgan fingerprint density at radius 3 is 2.43 bits per heavy atom. The summed E-state index contributed by atoms with van der Waals surface area (Å²) in [5, 5.41) is 10.7. The average Bonchev–Trinajstić information content (AvgIpc) is 2.48. The third kappa shape index (κ3) is 3.33. The van der Waals surface area contributed by atoms with Crippen molar-refractivity contribution in [2.45, 2.75) is 6.92 Å². The maximum Gasteiger partial charge on any atom is 0.345 e. The molecule has 2 aromatic rings. The van der Waals surface area contributed by atoms with Gasteiger partial charge in [0.1, 0.15) is 17.7 Å². The molecular weight excluding hydrogens is 276 g/mol. The monoisotopic (exact) mass is 288 g/mol. The zero-order chi connectivity index (χ0) is 15.4. The highest BCUT2D eigenvalue weighted by molar-refractivity contribution is 5.92. The summed E-state index contributed by atoms with van der Waals surface area (Å²) >= 11 is 0. The topological polar surface area (TPSA) is 91.6 Å². The van der Waals surface area contributed by atoms with Crippen LogP contribution in [-0.4, -0.2) is 23.0 Å². The molecule has 1 aromatic heterocycles. The van der Waals surface area contributed by atoms with E-state index in [-0.39, 0.29) is 11.3 Å². The first-order valence-electron chi connectivity index (χ1n) is 5.98. The van der Waals surface area contributed by atoms with Gasteiger partial charge in [-0.15, -0.1) is 0 Å². The van der Waals surface area contributed by atoms with E-state index in [2.05, 4.69) is 4.98 Å². The molecule has 0 spiro atoms. The van der Waals surface area contributed by atoms with Crippen LogP contribution in [0.5, 0.6) is 11.5 Å². The first kappa shape index (κ1) is 14.4. The van der Waals surface area contributed by atoms with Gasteiger partial charge in [-0.05, 0) is 31.2 Å². The Balaban J connectivity index is 2.23. The van der Waals surface area contributed by atoms with Crippen LogP contribution in [0, 0.1) is 17.0 Å². The van der Waals surface area contributed by atoms with Crippen LogP contribution in [0.25, 0.3) is 0 Å². The zero-order valence-corrected chi connectivity index (χ0v) is 11.4. The highest BCUT2D eigenvalue weighted by atomic mass is 16.6. The molecule has 1 aromatic carbocycles. The summed E-state index contributed by atoms with van der Waals surface area (Å²) in [7, 11) is 1.53. The molecule has 0 aliphatic carbocycles. The number of pyridine rings is 1. The SMILES string of the molecule is COc1ccc(OC(=O)c2cc([N+](=O)[O-])cnc2C)cc1. The van der Waals surface area contributed by atoms with Crippen LogP contribution >= 0.6 is 0 Å². The maximum absolute atomic E-state index is 12.0. The van der Waals surface area contributed by atoms with E-state index in [1.54, 1.807) is 31.2 Å². The Kier molecular flexibility index (Phi) is 4.13. The van der Waals surface area contributed by atoms with Crippen LogP contribution in [0.4, 0.5) is 5.69 Å². The molecule has 0 aliphatic rings. The fourth-order valence-electron chi connectivity index (χ4n) is 1.63. The maximum atomic E-state index is 12.0. The van der Waals surface area contributed by atoms with Crippen LogP contribution in [0.3, 0.4) is 0 Å². The molecule has 0 N–H and O–H groups in total. The van der Waals surface area contributed by atoms with E-state index in [4.69, 9.17) is 9.47 Å². The molecule has 0 amide bonds. The summed E-state index contributed by atoms with van der Waals surface area (Å²) < 4.78 is 10.2. The van der Waals surface area contributed by atoms with Gasteiger partial charge in [0.15, 0.2) is 0 Å². The lowest BCUT2D eigenvalue weighted by molar-refractivity contribution is -0.385. The predicted octanol–water partition coefficient (Wildman–Crippen LogP) is 2.53. The van der Waals surface area contributed by atoms with Gasteiger partial charge in [0.05, 0.1) is 23.3 Å². The summed E-state index contributed by atoms with van der Waals surface area (Å²) in [6, 6.07) is 7.56. The minimum absolute atomic E-state index is 0.0556. The van der Waals surface area contributed by atoms with E-state index in [0.29, 0.717) is 17.2 Å². The summed E-state index contributed by atoms with van der Waals surface area (Å²) in [6.45, 7) is 1.58. The van der Waals surface area contributed by atoms with Crippen molar-refractivity contribution < 1.29 is 19.2 Å². The van der Waals surface area contributed by atoms with Gasteiger partial charge >= 0.3 is 5.97 Å². The number of carbonyl (C=O) groups is 1. The van der Waals surface area contributed by atoms with Gasteiger partial charge in [-0.1, -0.05) is 0 Å². The van der Waals surface area contributed by atoms with Crippen LogP contribution in [-0.2, 0) is 0 Å². The Hall–Kier alpha value is -2.96. The molecule has 1 heterocycles. The number of carbonyl (C=O) groups excluding carboxylic acids is 1. The van der Waals surface area contributed by atoms with Crippen LogP contribution in [0.15, 0.2) is 36.5 Å². The number of ether oxygens (including phenoxy) is 2. The smallest absolute Gasteiger partial charge is 0.345 e. The predicted molar refractivity (Wildman–Crippen MR) is 73.6 cm³/mol. The molecule has 7 nitrogen and oxygen atoms in total. The van der Waals surface area contributed by atoms with Gasteiger partial charge in [-0.3, -0.25) is 15.1 Å². The minimum atomic E-state index is -0.700. The summed E-state index contributed by atoms with van der Waals surface area (Å²) in [4.78, 5) is 26.0. The number of nitrogens with zero attached hydrogens (tertiary/aromatic N) is 2. The van der Waals surface area contributed by atoms with E-state index in [9.17, 15) is 14.9 Å². The van der Waals surface area contributed by atoms with Crippen molar-refractivity contribution in [3.8, 4) is 11.5 Å². The number of hydrogen-bond donors (Lipinski definition) is 0. The molecule has 0 radical (unpaired) electrons. The van der Waals surface area contributed by atoms with Crippen molar-refractivity contribution >= 4 is 11.7 Å². The number of rotatable bonds is 4. The highest BCUT2D eigenvalue weighted by Crippen LogP contribution is 2.20. The summed E-state index contributed by atoms with van der Waals surface area (Å²) in [6.07, 6.45) is 1.10. The number of esters is 1. The molecule has 7 heteroatoms. The molecule has 0 unspecified atom stereocenters. The third-order valence-corrected chi connectivity index (χ3v) is 2.77. The van der Waals surface area contributed by atoms with Crippen molar-refractivity contribution in [1.29, 1.82) is 0 Å². The largest absolute Gasteiger partial charge is 0.497 e. The second-order valence-electron chi connectivity index (χ2n) is 4.15. The first-order valence-corrected chi connectivity index (χ1v) is 5.98. The summed E-state index contributed by atoms with van der Waals surface area (Å²) in [5.74, 6) is 0.239. The number of nitro groups is 1. The number of hydrogen-bond acceptors (Lipinski definition) is 6. The third-order valence-electron chi connectivity index (χ3n) is 2.77. The number of benzene rings is 1. The van der Waals surface area contributed by atoms with Gasteiger partial charge in [-0.25, -0.2) is 4.79 Å². The molecule has 21 heavy (non-hydrogen) atoms. The van der Waals surface area contributed by atoms with Crippen LogP contribution < -0.4 is 9.47 Å². The fourth-order valence-corrected chi connectivity index (χ4v) is 1.63. The van der Waals surface area contributed by atoms with Crippen molar-refractivity contribution in [2.24, 2.45) is 0 Å². The Bertz CT molecular complexity index is 682. The molecule has 0 bridgehead atoms. The molecule has 0 saturated heterocycles. The molecule has 108 valence electrons. The number of aryl methyl sites for hydroxylation is 1. The van der Waals surface area contributed by atoms with E-state index in [0.717, 1.165) is 12.3 Å². The molecule has 0 atom stereocenters. The van der Waals surface area contributed by atoms with E-state index in [1.165, 1.54) is 7.11 Å². The molecule has 0 aliphatic heterocycles. The number of aromatic nitrogens is 1. The lowest BCUT2D eigenvalue weighted by Gasteiger charge is -2.07. The normalized spacial score (nSPS) is 10.0. The standard InChI is InChI=1S/C14H12N2O5/c1-9-13(7-10(8-15-9)16(18)19)14(17)21-12-5-3-11(20-2)4-6-12/h3-8H,1-2H3. The second kappa shape index (κ2) is 6.00. The van der Waals surface area contributed by atoms with Crippen LogP contribution in [0.1, 0.15) is 16.1 Å². The van der Waals surface area contributed by atoms with Gasteiger partial charge in [0.2, 0.25) is 0 Å².